The van der Waals surface area contributed by atoms with Crippen molar-refractivity contribution in [3.05, 3.63) is 237 Å². The first-order chi connectivity index (χ1) is 31.7. The average Bonchev–Trinajstić information content (AvgIpc) is 4.02. The summed E-state index contributed by atoms with van der Waals surface area (Å²) in [7, 11) is 0. The number of hydrogen-bond acceptors (Lipinski definition) is 2. The molecule has 0 aliphatic carbocycles. The lowest BCUT2D eigenvalue weighted by molar-refractivity contribution is 1.18. The maximum atomic E-state index is 2.42. The number of thiophene rings is 1. The molecule has 10 aromatic carbocycles. The fraction of sp³-hybridized carbons (Fsp3) is 0. The van der Waals surface area contributed by atoms with Crippen LogP contribution in [0, 0.1) is 0 Å². The van der Waals surface area contributed by atoms with Crippen LogP contribution in [-0.2, 0) is 0 Å². The summed E-state index contributed by atoms with van der Waals surface area (Å²) in [5.74, 6) is 0. The van der Waals surface area contributed by atoms with Gasteiger partial charge in [-0.05, 0) is 119 Å². The van der Waals surface area contributed by atoms with E-state index in [2.05, 4.69) is 251 Å². The molecule has 3 aromatic heterocycles. The van der Waals surface area contributed by atoms with E-state index in [-0.39, 0.29) is 0 Å². The van der Waals surface area contributed by atoms with Gasteiger partial charge in [0, 0.05) is 70.2 Å². The van der Waals surface area contributed by atoms with E-state index >= 15 is 0 Å². The smallest absolute Gasteiger partial charge is 0.0547 e. The number of nitrogens with zero attached hydrogens (tertiary/aromatic N) is 3. The summed E-state index contributed by atoms with van der Waals surface area (Å²) in [5, 5.41) is 7.54. The Balaban J connectivity index is 0.946. The minimum Gasteiger partial charge on any atom is -0.310 e. The quantitative estimate of drug-likeness (QED) is 0.156. The Kier molecular flexibility index (Phi) is 8.40. The van der Waals surface area contributed by atoms with Gasteiger partial charge in [-0.15, -0.1) is 11.3 Å². The Morgan fingerprint density at radius 3 is 1.47 bits per heavy atom. The Hall–Kier alpha value is -8.18. The predicted molar refractivity (Wildman–Crippen MR) is 274 cm³/mol. The molecule has 0 aliphatic heterocycles. The van der Waals surface area contributed by atoms with Crippen LogP contribution in [0.4, 0.5) is 17.1 Å². The van der Waals surface area contributed by atoms with E-state index < -0.39 is 0 Å². The van der Waals surface area contributed by atoms with Crippen LogP contribution in [0.3, 0.4) is 0 Å². The van der Waals surface area contributed by atoms with E-state index in [0.717, 1.165) is 22.7 Å². The standard InChI is InChI=1S/C60H39N3S/c1-4-14-40(15-5-1)41-24-28-46(29-25-41)61(47-31-34-57-53(38-47)50-21-11-13-23-56(50)62(57)44-16-6-2-7-17-44)48-30-33-52-54-36-42(27-35-59(54)64-60(52)39-48)43-26-32-51-49-20-10-12-22-55(49)63(58(51)37-43)45-18-8-3-9-19-45/h1-39H. The van der Waals surface area contributed by atoms with Crippen molar-refractivity contribution in [3.63, 3.8) is 0 Å². The van der Waals surface area contributed by atoms with E-state index in [9.17, 15) is 0 Å². The molecule has 3 nitrogen and oxygen atoms in total. The summed E-state index contributed by atoms with van der Waals surface area (Å²) in [4.78, 5) is 2.42. The van der Waals surface area contributed by atoms with Crippen molar-refractivity contribution in [2.45, 2.75) is 0 Å². The highest BCUT2D eigenvalue weighted by atomic mass is 32.1. The van der Waals surface area contributed by atoms with E-state index in [0.29, 0.717) is 0 Å². The van der Waals surface area contributed by atoms with E-state index in [1.807, 2.05) is 11.3 Å². The second kappa shape index (κ2) is 14.7. The van der Waals surface area contributed by atoms with Crippen LogP contribution in [0.15, 0.2) is 237 Å². The normalized spacial score (nSPS) is 11.8. The summed E-state index contributed by atoms with van der Waals surface area (Å²) in [6, 6.07) is 86.4. The van der Waals surface area contributed by atoms with E-state index in [1.54, 1.807) is 0 Å². The van der Waals surface area contributed by atoms with Gasteiger partial charge < -0.3 is 14.0 Å². The van der Waals surface area contributed by atoms with Gasteiger partial charge >= 0.3 is 0 Å². The van der Waals surface area contributed by atoms with Crippen molar-refractivity contribution in [2.24, 2.45) is 0 Å². The van der Waals surface area contributed by atoms with Gasteiger partial charge in [0.2, 0.25) is 0 Å². The molecule has 0 spiro atoms. The van der Waals surface area contributed by atoms with Gasteiger partial charge in [0.25, 0.3) is 0 Å². The van der Waals surface area contributed by atoms with Crippen LogP contribution in [0.1, 0.15) is 0 Å². The number of hydrogen-bond donors (Lipinski definition) is 0. The molecule has 0 bridgehead atoms. The third kappa shape index (κ3) is 5.88. The lowest BCUT2D eigenvalue weighted by atomic mass is 10.0. The minimum absolute atomic E-state index is 1.11. The zero-order chi connectivity index (χ0) is 42.1. The summed E-state index contributed by atoms with van der Waals surface area (Å²) in [6.07, 6.45) is 0. The van der Waals surface area contributed by atoms with Crippen LogP contribution in [0.2, 0.25) is 0 Å². The van der Waals surface area contributed by atoms with Crippen LogP contribution in [0.5, 0.6) is 0 Å². The monoisotopic (exact) mass is 833 g/mol. The van der Waals surface area contributed by atoms with Crippen LogP contribution in [-0.4, -0.2) is 9.13 Å². The van der Waals surface area contributed by atoms with Gasteiger partial charge in [-0.25, -0.2) is 0 Å². The third-order valence-electron chi connectivity index (χ3n) is 12.9. The molecule has 300 valence electrons. The van der Waals surface area contributed by atoms with Crippen molar-refractivity contribution in [1.29, 1.82) is 0 Å². The van der Waals surface area contributed by atoms with E-state index in [1.165, 1.54) is 91.7 Å². The third-order valence-corrected chi connectivity index (χ3v) is 14.0. The molecule has 0 amide bonds. The Labute approximate surface area is 374 Å². The molecule has 0 saturated carbocycles. The van der Waals surface area contributed by atoms with Crippen LogP contribution < -0.4 is 4.90 Å². The molecule has 0 atom stereocenters. The van der Waals surface area contributed by atoms with Gasteiger partial charge in [0.05, 0.1) is 22.1 Å². The number of benzene rings is 10. The Bertz CT molecular complexity index is 3880. The topological polar surface area (TPSA) is 13.1 Å². The highest BCUT2D eigenvalue weighted by Crippen LogP contribution is 2.44. The molecular formula is C60H39N3S. The molecule has 0 radical (unpaired) electrons. The van der Waals surface area contributed by atoms with Crippen molar-refractivity contribution in [2.75, 3.05) is 4.90 Å². The van der Waals surface area contributed by atoms with Gasteiger partial charge in [0.1, 0.15) is 0 Å². The first-order valence-electron chi connectivity index (χ1n) is 21.8. The van der Waals surface area contributed by atoms with Gasteiger partial charge in [-0.2, -0.15) is 0 Å². The van der Waals surface area contributed by atoms with Crippen molar-refractivity contribution in [1.82, 2.24) is 9.13 Å². The lowest BCUT2D eigenvalue weighted by Gasteiger charge is -2.26. The van der Waals surface area contributed by atoms with Crippen molar-refractivity contribution >= 4 is 92.2 Å². The maximum absolute atomic E-state index is 2.42. The summed E-state index contributed by atoms with van der Waals surface area (Å²) < 4.78 is 7.32. The lowest BCUT2D eigenvalue weighted by Crippen LogP contribution is -2.09. The van der Waals surface area contributed by atoms with Crippen molar-refractivity contribution < 1.29 is 0 Å². The molecule has 3 heterocycles. The molecule has 0 fully saturated rings. The summed E-state index contributed by atoms with van der Waals surface area (Å²) >= 11 is 1.86. The maximum Gasteiger partial charge on any atom is 0.0547 e. The average molecular weight is 834 g/mol. The van der Waals surface area contributed by atoms with Crippen molar-refractivity contribution in [3.8, 4) is 33.6 Å². The number of para-hydroxylation sites is 4. The number of fused-ring (bicyclic) bond motifs is 9. The molecule has 0 N–H and O–H groups in total. The molecule has 13 aromatic rings. The highest BCUT2D eigenvalue weighted by molar-refractivity contribution is 7.25. The van der Waals surface area contributed by atoms with Gasteiger partial charge in [-0.1, -0.05) is 140 Å². The van der Waals surface area contributed by atoms with Crippen LogP contribution >= 0.6 is 11.3 Å². The summed E-state index contributed by atoms with van der Waals surface area (Å²) in [6.45, 7) is 0. The minimum atomic E-state index is 1.11. The second-order valence-corrected chi connectivity index (χ2v) is 17.6. The molecule has 13 rings (SSSR count). The zero-order valence-electron chi connectivity index (χ0n) is 34.8. The molecule has 64 heavy (non-hydrogen) atoms. The fourth-order valence-electron chi connectivity index (χ4n) is 9.93. The number of rotatable bonds is 7. The largest absolute Gasteiger partial charge is 0.310 e. The Morgan fingerprint density at radius 2 is 0.750 bits per heavy atom. The molecule has 0 unspecified atom stereocenters. The Morgan fingerprint density at radius 1 is 0.266 bits per heavy atom. The predicted octanol–water partition coefficient (Wildman–Crippen LogP) is 17.1. The zero-order valence-corrected chi connectivity index (χ0v) is 35.6. The SMILES string of the molecule is c1ccc(-c2ccc(N(c3ccc4c(c3)sc3ccc(-c5ccc6c7ccccc7n(-c7ccccc7)c6c5)cc34)c3ccc4c(c3)c3ccccc3n4-c3ccccc3)cc2)cc1. The molecular weight excluding hydrogens is 795 g/mol. The van der Waals surface area contributed by atoms with Crippen LogP contribution in [0.25, 0.3) is 97.4 Å². The fourth-order valence-corrected chi connectivity index (χ4v) is 11.0. The highest BCUT2D eigenvalue weighted by Gasteiger charge is 2.20. The molecule has 0 aliphatic rings. The molecule has 0 saturated heterocycles. The number of anilines is 3. The molecule has 4 heteroatoms. The first-order valence-corrected chi connectivity index (χ1v) is 22.6. The van der Waals surface area contributed by atoms with E-state index in [4.69, 9.17) is 0 Å². The number of aromatic nitrogens is 2. The summed E-state index contributed by atoms with van der Waals surface area (Å²) in [5.41, 5.74) is 15.3. The van der Waals surface area contributed by atoms with Gasteiger partial charge in [0.15, 0.2) is 0 Å². The first kappa shape index (κ1) is 36.5. The van der Waals surface area contributed by atoms with Gasteiger partial charge in [-0.3, -0.25) is 0 Å². The second-order valence-electron chi connectivity index (χ2n) is 16.6.